The molecule has 2 aromatic rings. The second-order valence-electron chi connectivity index (χ2n) is 4.52. The molecule has 0 fully saturated rings. The first kappa shape index (κ1) is 14.2. The van der Waals surface area contributed by atoms with Crippen LogP contribution in [0.2, 0.25) is 0 Å². The second-order valence-corrected chi connectivity index (χ2v) is 5.61. The topological polar surface area (TPSA) is 38.0 Å². The Morgan fingerprint density at radius 2 is 2.11 bits per heavy atom. The minimum atomic E-state index is -0.358. The lowest BCUT2D eigenvalue weighted by Gasteiger charge is -2.11. The van der Waals surface area contributed by atoms with E-state index >= 15 is 0 Å². The number of imidazole rings is 1. The van der Waals surface area contributed by atoms with Crippen LogP contribution in [0.25, 0.3) is 0 Å². The van der Waals surface area contributed by atoms with Crippen molar-refractivity contribution in [2.45, 2.75) is 37.3 Å². The summed E-state index contributed by atoms with van der Waals surface area (Å²) < 4.78 is 2.12. The zero-order valence-electron chi connectivity index (χ0n) is 11.2. The van der Waals surface area contributed by atoms with E-state index in [1.54, 1.807) is 11.8 Å². The number of aryl methyl sites for hydroxylation is 1. The van der Waals surface area contributed by atoms with Crippen LogP contribution in [0.1, 0.15) is 19.2 Å². The molecule has 0 saturated carbocycles. The Morgan fingerprint density at radius 3 is 2.84 bits per heavy atom. The highest BCUT2D eigenvalue weighted by atomic mass is 32.2. The smallest absolute Gasteiger partial charge is 0.111 e. The Labute approximate surface area is 118 Å². The van der Waals surface area contributed by atoms with Crippen LogP contribution >= 0.6 is 11.8 Å². The van der Waals surface area contributed by atoms with Crippen molar-refractivity contribution in [2.75, 3.05) is 5.75 Å². The number of thioether (sulfide) groups is 1. The van der Waals surface area contributed by atoms with Gasteiger partial charge in [-0.3, -0.25) is 0 Å². The third kappa shape index (κ3) is 4.40. The van der Waals surface area contributed by atoms with Crippen LogP contribution in [0.15, 0.2) is 47.6 Å². The van der Waals surface area contributed by atoms with Crippen molar-refractivity contribution in [3.8, 4) is 0 Å². The number of rotatable bonds is 7. The molecule has 1 heterocycles. The van der Waals surface area contributed by atoms with Gasteiger partial charge in [0.05, 0.1) is 6.10 Å². The second kappa shape index (κ2) is 7.36. The third-order valence-corrected chi connectivity index (χ3v) is 4.03. The number of nitrogens with zero attached hydrogens (tertiary/aromatic N) is 2. The van der Waals surface area contributed by atoms with Crippen LogP contribution in [0, 0.1) is 0 Å². The van der Waals surface area contributed by atoms with E-state index in [4.69, 9.17) is 0 Å². The summed E-state index contributed by atoms with van der Waals surface area (Å²) in [7, 11) is 0. The Balaban J connectivity index is 1.84. The lowest BCUT2D eigenvalue weighted by molar-refractivity contribution is 0.196. The zero-order chi connectivity index (χ0) is 13.5. The molecule has 0 aliphatic heterocycles. The summed E-state index contributed by atoms with van der Waals surface area (Å²) in [5, 5.41) is 10.1. The third-order valence-electron chi connectivity index (χ3n) is 2.87. The monoisotopic (exact) mass is 276 g/mol. The Hall–Kier alpha value is -1.26. The number of aromatic nitrogens is 2. The van der Waals surface area contributed by atoms with Crippen molar-refractivity contribution in [1.82, 2.24) is 9.55 Å². The molecule has 0 aliphatic carbocycles. The fourth-order valence-corrected chi connectivity index (χ4v) is 2.81. The van der Waals surface area contributed by atoms with E-state index in [-0.39, 0.29) is 6.10 Å². The summed E-state index contributed by atoms with van der Waals surface area (Å²) >= 11 is 1.68. The van der Waals surface area contributed by atoms with Gasteiger partial charge in [0.2, 0.25) is 0 Å². The fraction of sp³-hybridized carbons (Fsp3) is 0.400. The summed E-state index contributed by atoms with van der Waals surface area (Å²) in [6, 6.07) is 10.2. The van der Waals surface area contributed by atoms with Crippen molar-refractivity contribution >= 4 is 11.8 Å². The number of aliphatic hydroxyl groups excluding tert-OH is 1. The van der Waals surface area contributed by atoms with E-state index in [2.05, 4.69) is 28.6 Å². The molecule has 1 atom stereocenters. The lowest BCUT2D eigenvalue weighted by atomic mass is 10.2. The molecule has 19 heavy (non-hydrogen) atoms. The molecular formula is C15H20N2OS. The molecule has 3 nitrogen and oxygen atoms in total. The van der Waals surface area contributed by atoms with Gasteiger partial charge in [-0.2, -0.15) is 0 Å². The van der Waals surface area contributed by atoms with Gasteiger partial charge in [0, 0.05) is 36.0 Å². The first-order valence-corrected chi connectivity index (χ1v) is 7.64. The summed E-state index contributed by atoms with van der Waals surface area (Å²) in [4.78, 5) is 5.52. The average molecular weight is 276 g/mol. The molecular weight excluding hydrogens is 256 g/mol. The van der Waals surface area contributed by atoms with Crippen LogP contribution in [0.5, 0.6) is 0 Å². The van der Waals surface area contributed by atoms with Crippen molar-refractivity contribution in [1.29, 1.82) is 0 Å². The van der Waals surface area contributed by atoms with E-state index in [1.807, 2.05) is 30.6 Å². The molecule has 0 bridgehead atoms. The zero-order valence-corrected chi connectivity index (χ0v) is 12.0. The van der Waals surface area contributed by atoms with Crippen molar-refractivity contribution < 1.29 is 5.11 Å². The highest BCUT2D eigenvalue weighted by Gasteiger charge is 2.10. The molecule has 1 N–H and O–H groups in total. The van der Waals surface area contributed by atoms with E-state index < -0.39 is 0 Å². The van der Waals surface area contributed by atoms with E-state index in [1.165, 1.54) is 4.90 Å². The standard InChI is InChI=1S/C15H20N2OS/c1-2-9-17-10-8-16-15(17)11-13(18)12-19-14-6-4-3-5-7-14/h3-8,10,13,18H,2,9,11-12H2,1H3. The van der Waals surface area contributed by atoms with E-state index in [9.17, 15) is 5.11 Å². The Kier molecular flexibility index (Phi) is 5.48. The van der Waals surface area contributed by atoms with Crippen LogP contribution in [0.4, 0.5) is 0 Å². The predicted octanol–water partition coefficient (Wildman–Crippen LogP) is 2.99. The van der Waals surface area contributed by atoms with E-state index in [0.29, 0.717) is 12.2 Å². The van der Waals surface area contributed by atoms with Crippen molar-refractivity contribution in [3.05, 3.63) is 48.5 Å². The minimum absolute atomic E-state index is 0.358. The van der Waals surface area contributed by atoms with Gasteiger partial charge in [0.25, 0.3) is 0 Å². The fourth-order valence-electron chi connectivity index (χ4n) is 1.95. The van der Waals surface area contributed by atoms with Gasteiger partial charge in [0.1, 0.15) is 5.82 Å². The van der Waals surface area contributed by atoms with Crippen LogP contribution < -0.4 is 0 Å². The van der Waals surface area contributed by atoms with Gasteiger partial charge < -0.3 is 9.67 Å². The van der Waals surface area contributed by atoms with Crippen molar-refractivity contribution in [3.63, 3.8) is 0 Å². The molecule has 1 aromatic carbocycles. The lowest BCUT2D eigenvalue weighted by Crippen LogP contribution is -2.17. The molecule has 2 rings (SSSR count). The highest BCUT2D eigenvalue weighted by Crippen LogP contribution is 2.19. The molecule has 0 saturated heterocycles. The summed E-state index contributed by atoms with van der Waals surface area (Å²) in [5.41, 5.74) is 0. The van der Waals surface area contributed by atoms with E-state index in [0.717, 1.165) is 18.8 Å². The maximum atomic E-state index is 10.1. The Morgan fingerprint density at radius 1 is 1.32 bits per heavy atom. The van der Waals surface area contributed by atoms with Gasteiger partial charge >= 0.3 is 0 Å². The molecule has 1 unspecified atom stereocenters. The van der Waals surface area contributed by atoms with Crippen LogP contribution in [-0.2, 0) is 13.0 Å². The largest absolute Gasteiger partial charge is 0.392 e. The number of hydrogen-bond donors (Lipinski definition) is 1. The quantitative estimate of drug-likeness (QED) is 0.790. The number of hydrogen-bond acceptors (Lipinski definition) is 3. The molecule has 102 valence electrons. The Bertz CT molecular complexity index is 484. The van der Waals surface area contributed by atoms with Gasteiger partial charge in [-0.25, -0.2) is 4.98 Å². The molecule has 0 amide bonds. The minimum Gasteiger partial charge on any atom is -0.392 e. The normalized spacial score (nSPS) is 12.5. The van der Waals surface area contributed by atoms with Gasteiger partial charge in [0.15, 0.2) is 0 Å². The van der Waals surface area contributed by atoms with Crippen LogP contribution in [-0.4, -0.2) is 26.5 Å². The maximum Gasteiger partial charge on any atom is 0.111 e. The summed E-state index contributed by atoms with van der Waals surface area (Å²) in [6.07, 6.45) is 5.13. The molecule has 0 spiro atoms. The summed E-state index contributed by atoms with van der Waals surface area (Å²) in [6.45, 7) is 3.11. The number of aliphatic hydroxyl groups is 1. The predicted molar refractivity (Wildman–Crippen MR) is 79.4 cm³/mol. The highest BCUT2D eigenvalue weighted by molar-refractivity contribution is 7.99. The molecule has 1 aromatic heterocycles. The first-order chi connectivity index (χ1) is 9.29. The van der Waals surface area contributed by atoms with Gasteiger partial charge in [-0.15, -0.1) is 11.8 Å². The SMILES string of the molecule is CCCn1ccnc1CC(O)CSc1ccccc1. The molecule has 0 radical (unpaired) electrons. The van der Waals surface area contributed by atoms with Gasteiger partial charge in [-0.05, 0) is 18.6 Å². The first-order valence-electron chi connectivity index (χ1n) is 6.65. The molecule has 4 heteroatoms. The molecule has 0 aliphatic rings. The van der Waals surface area contributed by atoms with Gasteiger partial charge in [-0.1, -0.05) is 25.1 Å². The average Bonchev–Trinajstić information content (AvgIpc) is 2.85. The maximum absolute atomic E-state index is 10.1. The van der Waals surface area contributed by atoms with Crippen molar-refractivity contribution in [2.24, 2.45) is 0 Å². The van der Waals surface area contributed by atoms with Crippen LogP contribution in [0.3, 0.4) is 0 Å². The summed E-state index contributed by atoms with van der Waals surface area (Å²) in [5.74, 6) is 1.67. The number of benzene rings is 1.